The van der Waals surface area contributed by atoms with Crippen LogP contribution in [0, 0.1) is 0 Å². The number of H-pyrrole nitrogens is 1. The van der Waals surface area contributed by atoms with Crippen LogP contribution in [-0.4, -0.2) is 15.5 Å². The summed E-state index contributed by atoms with van der Waals surface area (Å²) in [6.45, 7) is -0.0677. The first-order chi connectivity index (χ1) is 12.9. The number of nitrogens with zero attached hydrogens (tertiary/aromatic N) is 1. The van der Waals surface area contributed by atoms with Crippen molar-refractivity contribution in [3.63, 3.8) is 0 Å². The van der Waals surface area contributed by atoms with E-state index in [4.69, 9.17) is 34.8 Å². The Bertz CT molecular complexity index is 1140. The summed E-state index contributed by atoms with van der Waals surface area (Å²) in [5, 5.41) is 3.55. The number of benzene rings is 2. The van der Waals surface area contributed by atoms with Crippen molar-refractivity contribution in [2.75, 3.05) is 5.32 Å². The Kier molecular flexibility index (Phi) is 5.70. The molecule has 0 unspecified atom stereocenters. The highest BCUT2D eigenvalue weighted by molar-refractivity contribution is 6.42. The lowest BCUT2D eigenvalue weighted by atomic mass is 10.2. The van der Waals surface area contributed by atoms with Gasteiger partial charge in [-0.25, -0.2) is 4.79 Å². The van der Waals surface area contributed by atoms with Gasteiger partial charge in [-0.3, -0.25) is 14.2 Å². The Balaban J connectivity index is 1.93. The summed E-state index contributed by atoms with van der Waals surface area (Å²) in [6.07, 6.45) is 1.07. The van der Waals surface area contributed by atoms with Crippen molar-refractivity contribution in [1.29, 1.82) is 0 Å². The molecule has 0 fully saturated rings. The van der Waals surface area contributed by atoms with Gasteiger partial charge in [-0.1, -0.05) is 53.0 Å². The molecule has 0 aliphatic carbocycles. The number of anilines is 1. The van der Waals surface area contributed by atoms with E-state index in [0.29, 0.717) is 21.3 Å². The lowest BCUT2D eigenvalue weighted by Crippen LogP contribution is -2.39. The maximum Gasteiger partial charge on any atom is 0.328 e. The van der Waals surface area contributed by atoms with E-state index in [1.165, 1.54) is 12.1 Å². The SMILES string of the molecule is O=C(Nc1ccc(Cl)c(Cl)c1)c1c[nH]c(=O)n(Cc2ccccc2Cl)c1=O. The van der Waals surface area contributed by atoms with Gasteiger partial charge in [-0.15, -0.1) is 0 Å². The van der Waals surface area contributed by atoms with Crippen LogP contribution in [0.5, 0.6) is 0 Å². The number of aromatic nitrogens is 2. The fourth-order valence-corrected chi connectivity index (χ4v) is 2.88. The summed E-state index contributed by atoms with van der Waals surface area (Å²) in [7, 11) is 0. The number of carbonyl (C=O) groups is 1. The third kappa shape index (κ3) is 4.24. The molecule has 6 nitrogen and oxygen atoms in total. The van der Waals surface area contributed by atoms with Crippen LogP contribution >= 0.6 is 34.8 Å². The first-order valence-corrected chi connectivity index (χ1v) is 8.82. The average molecular weight is 425 g/mol. The van der Waals surface area contributed by atoms with Gasteiger partial charge in [-0.05, 0) is 29.8 Å². The molecule has 2 aromatic carbocycles. The molecule has 3 aromatic rings. The third-order valence-corrected chi connectivity index (χ3v) is 4.88. The minimum atomic E-state index is -0.740. The van der Waals surface area contributed by atoms with Crippen molar-refractivity contribution < 1.29 is 4.79 Å². The maximum absolute atomic E-state index is 12.7. The van der Waals surface area contributed by atoms with E-state index in [-0.39, 0.29) is 17.1 Å². The van der Waals surface area contributed by atoms with E-state index in [2.05, 4.69) is 10.3 Å². The predicted molar refractivity (Wildman–Crippen MR) is 106 cm³/mol. The summed E-state index contributed by atoms with van der Waals surface area (Å²) in [4.78, 5) is 39.6. The summed E-state index contributed by atoms with van der Waals surface area (Å²) in [5.41, 5.74) is -0.679. The molecule has 3 rings (SSSR count). The highest BCUT2D eigenvalue weighted by atomic mass is 35.5. The standard InChI is InChI=1S/C18H12Cl3N3O3/c19-13-4-2-1-3-10(13)9-24-17(26)12(8-22-18(24)27)16(25)23-11-5-6-14(20)15(21)7-11/h1-8H,9H2,(H,22,27)(H,23,25). The van der Waals surface area contributed by atoms with Gasteiger partial charge in [0, 0.05) is 16.9 Å². The molecule has 0 atom stereocenters. The normalized spacial score (nSPS) is 10.6. The number of halogens is 3. The van der Waals surface area contributed by atoms with Crippen LogP contribution in [0.25, 0.3) is 0 Å². The van der Waals surface area contributed by atoms with Crippen LogP contribution in [0.3, 0.4) is 0 Å². The number of amides is 1. The molecular formula is C18H12Cl3N3O3. The van der Waals surface area contributed by atoms with E-state index in [1.807, 2.05) is 0 Å². The third-order valence-electron chi connectivity index (χ3n) is 3.77. The molecule has 138 valence electrons. The quantitative estimate of drug-likeness (QED) is 0.668. The van der Waals surface area contributed by atoms with Crippen molar-refractivity contribution in [3.8, 4) is 0 Å². The number of aromatic amines is 1. The molecule has 1 aromatic heterocycles. The lowest BCUT2D eigenvalue weighted by molar-refractivity contribution is 0.102. The second-order valence-electron chi connectivity index (χ2n) is 5.57. The van der Waals surface area contributed by atoms with Crippen molar-refractivity contribution in [3.05, 3.63) is 95.7 Å². The molecule has 0 aliphatic rings. The lowest BCUT2D eigenvalue weighted by Gasteiger charge is -2.09. The predicted octanol–water partition coefficient (Wildman–Crippen LogP) is 3.80. The van der Waals surface area contributed by atoms with Crippen LogP contribution in [0.4, 0.5) is 5.69 Å². The van der Waals surface area contributed by atoms with Crippen molar-refractivity contribution in [2.24, 2.45) is 0 Å². The Morgan fingerprint density at radius 3 is 2.44 bits per heavy atom. The van der Waals surface area contributed by atoms with Crippen molar-refractivity contribution >= 4 is 46.4 Å². The summed E-state index contributed by atoms with van der Waals surface area (Å²) >= 11 is 17.8. The fraction of sp³-hybridized carbons (Fsp3) is 0.0556. The molecule has 2 N–H and O–H groups in total. The number of carbonyl (C=O) groups excluding carboxylic acids is 1. The average Bonchev–Trinajstić information content (AvgIpc) is 2.63. The van der Waals surface area contributed by atoms with Crippen LogP contribution in [0.15, 0.2) is 58.3 Å². The number of nitrogens with one attached hydrogen (secondary N) is 2. The molecule has 1 heterocycles. The molecule has 0 bridgehead atoms. The van der Waals surface area contributed by atoms with Gasteiger partial charge in [0.2, 0.25) is 0 Å². The van der Waals surface area contributed by atoms with Gasteiger partial charge in [0.15, 0.2) is 0 Å². The molecule has 9 heteroatoms. The van der Waals surface area contributed by atoms with E-state index in [0.717, 1.165) is 10.8 Å². The van der Waals surface area contributed by atoms with Crippen LogP contribution in [0.1, 0.15) is 15.9 Å². The van der Waals surface area contributed by atoms with Gasteiger partial charge in [0.05, 0.1) is 16.6 Å². The second kappa shape index (κ2) is 8.00. The van der Waals surface area contributed by atoms with E-state index in [1.54, 1.807) is 30.3 Å². The number of rotatable bonds is 4. The topological polar surface area (TPSA) is 84.0 Å². The zero-order valence-electron chi connectivity index (χ0n) is 13.6. The summed E-state index contributed by atoms with van der Waals surface area (Å²) < 4.78 is 0.908. The maximum atomic E-state index is 12.7. The molecule has 0 saturated heterocycles. The number of hydrogen-bond acceptors (Lipinski definition) is 3. The molecule has 0 spiro atoms. The first kappa shape index (κ1) is 19.2. The monoisotopic (exact) mass is 423 g/mol. The Morgan fingerprint density at radius 1 is 1.00 bits per heavy atom. The van der Waals surface area contributed by atoms with Gasteiger partial charge >= 0.3 is 5.69 Å². The summed E-state index contributed by atoms with van der Waals surface area (Å²) in [6, 6.07) is 11.3. The Labute approximate surface area is 168 Å². The van der Waals surface area contributed by atoms with Gasteiger partial charge in [0.25, 0.3) is 11.5 Å². The number of hydrogen-bond donors (Lipinski definition) is 2. The van der Waals surface area contributed by atoms with Crippen LogP contribution in [-0.2, 0) is 6.54 Å². The Morgan fingerprint density at radius 2 is 1.74 bits per heavy atom. The van der Waals surface area contributed by atoms with E-state index in [9.17, 15) is 14.4 Å². The molecule has 1 amide bonds. The zero-order chi connectivity index (χ0) is 19.6. The molecule has 0 radical (unpaired) electrons. The first-order valence-electron chi connectivity index (χ1n) is 7.69. The van der Waals surface area contributed by atoms with E-state index >= 15 is 0 Å². The van der Waals surface area contributed by atoms with Crippen LogP contribution in [0.2, 0.25) is 15.1 Å². The summed E-state index contributed by atoms with van der Waals surface area (Å²) in [5.74, 6) is -0.692. The highest BCUT2D eigenvalue weighted by Gasteiger charge is 2.16. The van der Waals surface area contributed by atoms with Gasteiger partial charge < -0.3 is 10.3 Å². The van der Waals surface area contributed by atoms with Crippen molar-refractivity contribution in [2.45, 2.75) is 6.54 Å². The molecule has 27 heavy (non-hydrogen) atoms. The molecule has 0 saturated carbocycles. The molecule has 0 aliphatic heterocycles. The zero-order valence-corrected chi connectivity index (χ0v) is 15.9. The Hall–Kier alpha value is -2.54. The van der Waals surface area contributed by atoms with Gasteiger partial charge in [-0.2, -0.15) is 0 Å². The van der Waals surface area contributed by atoms with E-state index < -0.39 is 17.2 Å². The second-order valence-corrected chi connectivity index (χ2v) is 6.79. The minimum Gasteiger partial charge on any atom is -0.322 e. The van der Waals surface area contributed by atoms with Crippen molar-refractivity contribution in [1.82, 2.24) is 9.55 Å². The van der Waals surface area contributed by atoms with Gasteiger partial charge in [0.1, 0.15) is 5.56 Å². The highest BCUT2D eigenvalue weighted by Crippen LogP contribution is 2.25. The smallest absolute Gasteiger partial charge is 0.322 e. The largest absolute Gasteiger partial charge is 0.328 e. The minimum absolute atomic E-state index is 0.0677. The fourth-order valence-electron chi connectivity index (χ4n) is 2.39. The molecular weight excluding hydrogens is 413 g/mol. The van der Waals surface area contributed by atoms with Crippen LogP contribution < -0.4 is 16.6 Å².